The topological polar surface area (TPSA) is 96.0 Å². The number of nitrogens with one attached hydrogen (secondary N) is 1. The molecule has 39 heavy (non-hydrogen) atoms. The first-order chi connectivity index (χ1) is 18.6. The lowest BCUT2D eigenvalue weighted by Crippen LogP contribution is -2.52. The highest BCUT2D eigenvalue weighted by molar-refractivity contribution is 7.92. The zero-order valence-electron chi connectivity index (χ0n) is 22.5. The largest absolute Gasteiger partial charge is 0.495 e. The number of carbonyl (C=O) groups is 2. The summed E-state index contributed by atoms with van der Waals surface area (Å²) in [5.74, 6) is -0.615. The number of benzene rings is 3. The number of anilines is 1. The standard InChI is InChI=1S/C29H34ClN3O5S/c1-5-21(2)31-29(35)22(3)32(19-23-12-11-13-24(30)18-23)28(34)20-33(26-16-9-10-17-27(26)38-4)39(36,37)25-14-7-6-8-15-25/h6-18,21-22H,5,19-20H2,1-4H3,(H,31,35)/t21-,22+/m1/s1. The summed E-state index contributed by atoms with van der Waals surface area (Å²) in [4.78, 5) is 28.5. The predicted molar refractivity (Wildman–Crippen MR) is 153 cm³/mol. The van der Waals surface area contributed by atoms with Gasteiger partial charge in [-0.1, -0.05) is 61.0 Å². The smallest absolute Gasteiger partial charge is 0.264 e. The quantitative estimate of drug-likeness (QED) is 0.334. The minimum Gasteiger partial charge on any atom is -0.495 e. The van der Waals surface area contributed by atoms with Gasteiger partial charge in [0.2, 0.25) is 11.8 Å². The number of nitrogens with zero attached hydrogens (tertiary/aromatic N) is 2. The van der Waals surface area contributed by atoms with Gasteiger partial charge in [-0.05, 0) is 62.2 Å². The maximum atomic E-state index is 14.0. The average Bonchev–Trinajstić information content (AvgIpc) is 2.94. The Labute approximate surface area is 235 Å². The molecule has 8 nitrogen and oxygen atoms in total. The zero-order chi connectivity index (χ0) is 28.6. The van der Waals surface area contributed by atoms with Crippen LogP contribution in [0.2, 0.25) is 5.02 Å². The van der Waals surface area contributed by atoms with Crippen LogP contribution in [-0.4, -0.2) is 50.9 Å². The van der Waals surface area contributed by atoms with Gasteiger partial charge in [-0.15, -0.1) is 0 Å². The fourth-order valence-corrected chi connectivity index (χ4v) is 5.61. The van der Waals surface area contributed by atoms with Gasteiger partial charge in [-0.25, -0.2) is 8.42 Å². The number of hydrogen-bond donors (Lipinski definition) is 1. The maximum absolute atomic E-state index is 14.0. The van der Waals surface area contributed by atoms with Gasteiger partial charge in [0.05, 0.1) is 17.7 Å². The van der Waals surface area contributed by atoms with Gasteiger partial charge >= 0.3 is 0 Å². The van der Waals surface area contributed by atoms with Crippen LogP contribution >= 0.6 is 11.6 Å². The lowest BCUT2D eigenvalue weighted by atomic mass is 10.1. The van der Waals surface area contributed by atoms with Crippen molar-refractivity contribution in [3.8, 4) is 5.75 Å². The van der Waals surface area contributed by atoms with Gasteiger partial charge < -0.3 is 15.0 Å². The molecule has 0 saturated carbocycles. The van der Waals surface area contributed by atoms with E-state index in [1.165, 1.54) is 24.1 Å². The van der Waals surface area contributed by atoms with Crippen LogP contribution in [0.4, 0.5) is 5.69 Å². The second-order valence-corrected chi connectivity index (χ2v) is 11.4. The van der Waals surface area contributed by atoms with Crippen LogP contribution in [-0.2, 0) is 26.2 Å². The van der Waals surface area contributed by atoms with E-state index >= 15 is 0 Å². The van der Waals surface area contributed by atoms with Crippen molar-refractivity contribution in [3.63, 3.8) is 0 Å². The summed E-state index contributed by atoms with van der Waals surface area (Å²) in [7, 11) is -2.75. The number of amides is 2. The highest BCUT2D eigenvalue weighted by Crippen LogP contribution is 2.32. The van der Waals surface area contributed by atoms with Gasteiger partial charge in [-0.3, -0.25) is 13.9 Å². The summed E-state index contributed by atoms with van der Waals surface area (Å²) in [6.45, 7) is 4.95. The molecule has 2 amide bonds. The number of ether oxygens (including phenoxy) is 1. The second-order valence-electron chi connectivity index (χ2n) is 9.14. The predicted octanol–water partition coefficient (Wildman–Crippen LogP) is 4.88. The second kappa shape index (κ2) is 13.5. The third kappa shape index (κ3) is 7.52. The van der Waals surface area contributed by atoms with Crippen molar-refractivity contribution in [2.45, 2.75) is 50.7 Å². The van der Waals surface area contributed by atoms with Crippen LogP contribution in [0.15, 0.2) is 83.8 Å². The molecule has 3 rings (SSSR count). The van der Waals surface area contributed by atoms with E-state index < -0.39 is 28.5 Å². The number of rotatable bonds is 12. The highest BCUT2D eigenvalue weighted by Gasteiger charge is 2.33. The van der Waals surface area contributed by atoms with E-state index in [-0.39, 0.29) is 34.8 Å². The molecule has 1 N–H and O–H groups in total. The van der Waals surface area contributed by atoms with Crippen molar-refractivity contribution in [1.82, 2.24) is 10.2 Å². The SMILES string of the molecule is CC[C@@H](C)NC(=O)[C@H](C)N(Cc1cccc(Cl)c1)C(=O)CN(c1ccccc1OC)S(=O)(=O)c1ccccc1. The van der Waals surface area contributed by atoms with Crippen LogP contribution in [0, 0.1) is 0 Å². The summed E-state index contributed by atoms with van der Waals surface area (Å²) >= 11 is 6.18. The minimum absolute atomic E-state index is 0.0210. The van der Waals surface area contributed by atoms with Gasteiger partial charge in [0.25, 0.3) is 10.0 Å². The molecule has 0 heterocycles. The fourth-order valence-electron chi connectivity index (χ4n) is 3.95. The first-order valence-electron chi connectivity index (χ1n) is 12.6. The fraction of sp³-hybridized carbons (Fsp3) is 0.310. The number of sulfonamides is 1. The van der Waals surface area contributed by atoms with Crippen LogP contribution in [0.3, 0.4) is 0 Å². The molecule has 0 aromatic heterocycles. The third-order valence-corrected chi connectivity index (χ3v) is 8.38. The van der Waals surface area contributed by atoms with Gasteiger partial charge in [0.1, 0.15) is 18.3 Å². The molecule has 0 radical (unpaired) electrons. The molecule has 0 bridgehead atoms. The minimum atomic E-state index is -4.18. The van der Waals surface area contributed by atoms with Crippen LogP contribution in [0.25, 0.3) is 0 Å². The van der Waals surface area contributed by atoms with Crippen molar-refractivity contribution in [1.29, 1.82) is 0 Å². The van der Waals surface area contributed by atoms with Crippen molar-refractivity contribution in [3.05, 3.63) is 89.4 Å². The molecule has 0 aliphatic heterocycles. The van der Waals surface area contributed by atoms with Gasteiger partial charge in [0, 0.05) is 17.6 Å². The number of carbonyl (C=O) groups excluding carboxylic acids is 2. The summed E-state index contributed by atoms with van der Waals surface area (Å²) in [5, 5.41) is 3.40. The first kappa shape index (κ1) is 30.0. The molecule has 0 unspecified atom stereocenters. The first-order valence-corrected chi connectivity index (χ1v) is 14.4. The number of methoxy groups -OCH3 is 1. The van der Waals surface area contributed by atoms with E-state index in [4.69, 9.17) is 16.3 Å². The van der Waals surface area contributed by atoms with Gasteiger partial charge in [-0.2, -0.15) is 0 Å². The van der Waals surface area contributed by atoms with Crippen LogP contribution < -0.4 is 14.4 Å². The Morgan fingerprint density at radius 1 is 0.974 bits per heavy atom. The average molecular weight is 572 g/mol. The number of hydrogen-bond acceptors (Lipinski definition) is 5. The Morgan fingerprint density at radius 3 is 2.28 bits per heavy atom. The van der Waals surface area contributed by atoms with Crippen molar-refractivity contribution >= 4 is 39.1 Å². The zero-order valence-corrected chi connectivity index (χ0v) is 24.1. The summed E-state index contributed by atoms with van der Waals surface area (Å²) in [6.07, 6.45) is 0.720. The van der Waals surface area contributed by atoms with Crippen molar-refractivity contribution in [2.24, 2.45) is 0 Å². The molecule has 0 spiro atoms. The lowest BCUT2D eigenvalue weighted by molar-refractivity contribution is -0.139. The maximum Gasteiger partial charge on any atom is 0.264 e. The Balaban J connectivity index is 2.05. The Morgan fingerprint density at radius 2 is 1.64 bits per heavy atom. The third-order valence-electron chi connectivity index (χ3n) is 6.37. The van der Waals surface area contributed by atoms with Crippen LogP contribution in [0.1, 0.15) is 32.8 Å². The molecule has 2 atom stereocenters. The summed E-state index contributed by atoms with van der Waals surface area (Å²) < 4.78 is 34.2. The molecule has 0 aliphatic carbocycles. The van der Waals surface area contributed by atoms with E-state index in [2.05, 4.69) is 5.32 Å². The monoisotopic (exact) mass is 571 g/mol. The normalized spacial score (nSPS) is 12.7. The van der Waals surface area contributed by atoms with E-state index in [1.54, 1.807) is 73.7 Å². The Kier molecular flexibility index (Phi) is 10.4. The molecule has 0 saturated heterocycles. The van der Waals surface area contributed by atoms with Crippen LogP contribution in [0.5, 0.6) is 5.75 Å². The van der Waals surface area contributed by atoms with Crippen molar-refractivity contribution < 1.29 is 22.7 Å². The number of para-hydroxylation sites is 2. The molecule has 0 fully saturated rings. The Bertz CT molecular complexity index is 1380. The summed E-state index contributed by atoms with van der Waals surface area (Å²) in [5.41, 5.74) is 0.908. The van der Waals surface area contributed by atoms with E-state index in [1.807, 2.05) is 13.8 Å². The molecule has 10 heteroatoms. The number of halogens is 1. The highest BCUT2D eigenvalue weighted by atomic mass is 35.5. The van der Waals surface area contributed by atoms with Gasteiger partial charge in [0.15, 0.2) is 0 Å². The molecule has 208 valence electrons. The summed E-state index contributed by atoms with van der Waals surface area (Å²) in [6, 6.07) is 20.4. The van der Waals surface area contributed by atoms with E-state index in [9.17, 15) is 18.0 Å². The molecule has 3 aromatic carbocycles. The lowest BCUT2D eigenvalue weighted by Gasteiger charge is -2.32. The van der Waals surface area contributed by atoms with E-state index in [0.29, 0.717) is 10.6 Å². The van der Waals surface area contributed by atoms with E-state index in [0.717, 1.165) is 10.7 Å². The molecular formula is C29H34ClN3O5S. The molecular weight excluding hydrogens is 538 g/mol. The van der Waals surface area contributed by atoms with Crippen molar-refractivity contribution in [2.75, 3.05) is 18.0 Å². The molecule has 3 aromatic rings. The molecule has 0 aliphatic rings. The Hall–Kier alpha value is -3.56.